The molecule has 3 rings (SSSR count). The normalized spacial score (nSPS) is 23.2. The third kappa shape index (κ3) is 5.79. The van der Waals surface area contributed by atoms with Crippen LogP contribution in [0.5, 0.6) is 5.75 Å². The second kappa shape index (κ2) is 9.88. The fraction of sp³-hybridized carbons (Fsp3) is 0.571. The van der Waals surface area contributed by atoms with Crippen LogP contribution in [0.25, 0.3) is 0 Å². The number of ether oxygens (including phenoxy) is 1. The first kappa shape index (κ1) is 19.9. The van der Waals surface area contributed by atoms with Crippen molar-refractivity contribution in [1.29, 1.82) is 0 Å². The second-order valence-electron chi connectivity index (χ2n) is 7.38. The monoisotopic (exact) mass is 373 g/mol. The number of benzene rings is 1. The summed E-state index contributed by atoms with van der Waals surface area (Å²) < 4.78 is 7.70. The molecule has 0 spiro atoms. The van der Waals surface area contributed by atoms with Gasteiger partial charge in [-0.1, -0.05) is 24.6 Å². The van der Waals surface area contributed by atoms with Gasteiger partial charge in [-0.25, -0.2) is 0 Å². The Kier molecular flexibility index (Phi) is 7.26. The predicted molar refractivity (Wildman–Crippen MR) is 105 cm³/mol. The number of nitrogens with zero attached hydrogens (tertiary/aromatic N) is 3. The van der Waals surface area contributed by atoms with E-state index in [4.69, 9.17) is 4.74 Å². The minimum Gasteiger partial charge on any atom is -0.491 e. The molecule has 0 fully saturated rings. The Labute approximate surface area is 161 Å². The molecule has 2 atom stereocenters. The molecule has 27 heavy (non-hydrogen) atoms. The summed E-state index contributed by atoms with van der Waals surface area (Å²) >= 11 is 0. The molecule has 2 heterocycles. The van der Waals surface area contributed by atoms with E-state index in [-0.39, 0.29) is 6.61 Å². The molecule has 6 heteroatoms. The molecule has 0 unspecified atom stereocenters. The van der Waals surface area contributed by atoms with Gasteiger partial charge in [0.25, 0.3) is 0 Å². The fourth-order valence-electron chi connectivity index (χ4n) is 3.53. The van der Waals surface area contributed by atoms with Gasteiger partial charge < -0.3 is 14.9 Å². The Morgan fingerprint density at radius 1 is 1.07 bits per heavy atom. The number of hydrogen-bond acceptors (Lipinski definition) is 5. The van der Waals surface area contributed by atoms with Gasteiger partial charge in [-0.3, -0.25) is 9.58 Å². The molecule has 0 aliphatic carbocycles. The van der Waals surface area contributed by atoms with Crippen molar-refractivity contribution in [2.45, 2.75) is 50.9 Å². The van der Waals surface area contributed by atoms with Crippen molar-refractivity contribution in [3.63, 3.8) is 0 Å². The van der Waals surface area contributed by atoms with Gasteiger partial charge >= 0.3 is 0 Å². The third-order valence-electron chi connectivity index (χ3n) is 5.30. The van der Waals surface area contributed by atoms with Crippen LogP contribution >= 0.6 is 0 Å². The third-order valence-corrected chi connectivity index (χ3v) is 5.30. The van der Waals surface area contributed by atoms with Crippen LogP contribution in [0.3, 0.4) is 0 Å². The lowest BCUT2D eigenvalue weighted by molar-refractivity contribution is -0.0164. The Morgan fingerprint density at radius 2 is 1.93 bits per heavy atom. The van der Waals surface area contributed by atoms with E-state index in [0.29, 0.717) is 6.42 Å². The maximum absolute atomic E-state index is 10.4. The van der Waals surface area contributed by atoms with Crippen LogP contribution in [0.1, 0.15) is 36.9 Å². The molecule has 1 aromatic carbocycles. The number of aliphatic hydroxyl groups excluding tert-OH is 2. The highest BCUT2D eigenvalue weighted by atomic mass is 16.5. The quantitative estimate of drug-likeness (QED) is 0.844. The smallest absolute Gasteiger partial charge is 0.122 e. The second-order valence-corrected chi connectivity index (χ2v) is 7.38. The zero-order chi connectivity index (χ0) is 19.1. The minimum atomic E-state index is -0.889. The van der Waals surface area contributed by atoms with E-state index in [1.54, 1.807) is 0 Å². The van der Waals surface area contributed by atoms with E-state index in [9.17, 15) is 10.2 Å². The summed E-state index contributed by atoms with van der Waals surface area (Å²) in [5.74, 6) is 0.818. The molecule has 0 amide bonds. The average molecular weight is 373 g/mol. The van der Waals surface area contributed by atoms with Crippen LogP contribution in [0.4, 0.5) is 0 Å². The first-order valence-electron chi connectivity index (χ1n) is 9.89. The Balaban J connectivity index is 1.65. The van der Waals surface area contributed by atoms with E-state index >= 15 is 0 Å². The van der Waals surface area contributed by atoms with Crippen molar-refractivity contribution in [3.8, 4) is 5.75 Å². The molecule has 1 aromatic heterocycles. The van der Waals surface area contributed by atoms with Crippen LogP contribution in [-0.2, 0) is 20.0 Å². The number of aryl methyl sites for hydroxylation is 2. The lowest BCUT2D eigenvalue weighted by Gasteiger charge is -2.26. The molecule has 2 N–H and O–H groups in total. The number of rotatable bonds is 2. The standard InChI is InChI=1S/C21H31N3O3/c1-23-18(10-12-22-23)15-24-13-6-2-3-7-17-8-4-5-9-21(17)27-16-20(26)19(25)11-14-24/h4-5,8-10,12,19-20,25-26H,2-3,6-7,11,13-16H2,1H3/t19-,20+/m0/s1. The molecular weight excluding hydrogens is 342 g/mol. The first-order valence-corrected chi connectivity index (χ1v) is 9.89. The average Bonchev–Trinajstić information content (AvgIpc) is 3.08. The molecule has 0 saturated heterocycles. The van der Waals surface area contributed by atoms with Gasteiger partial charge in [0.2, 0.25) is 0 Å². The highest BCUT2D eigenvalue weighted by Crippen LogP contribution is 2.21. The summed E-state index contributed by atoms with van der Waals surface area (Å²) in [6.45, 7) is 2.63. The van der Waals surface area contributed by atoms with Gasteiger partial charge in [0.15, 0.2) is 0 Å². The molecule has 0 bridgehead atoms. The summed E-state index contributed by atoms with van der Waals surface area (Å²) in [6, 6.07) is 10.0. The van der Waals surface area contributed by atoms with Crippen LogP contribution in [0, 0.1) is 0 Å². The van der Waals surface area contributed by atoms with E-state index in [1.807, 2.05) is 42.2 Å². The van der Waals surface area contributed by atoms with Gasteiger partial charge in [0.05, 0.1) is 11.8 Å². The zero-order valence-electron chi connectivity index (χ0n) is 16.1. The fourth-order valence-corrected chi connectivity index (χ4v) is 3.53. The lowest BCUT2D eigenvalue weighted by Crippen LogP contribution is -2.36. The Hall–Kier alpha value is -1.89. The van der Waals surface area contributed by atoms with Gasteiger partial charge in [0, 0.05) is 26.3 Å². The van der Waals surface area contributed by atoms with E-state index in [2.05, 4.69) is 16.1 Å². The van der Waals surface area contributed by atoms with Gasteiger partial charge in [-0.05, 0) is 49.9 Å². The van der Waals surface area contributed by atoms with Crippen LogP contribution in [-0.4, -0.2) is 56.8 Å². The summed E-state index contributed by atoms with van der Waals surface area (Å²) in [6.07, 6.45) is 4.99. The van der Waals surface area contributed by atoms with Gasteiger partial charge in [-0.2, -0.15) is 5.10 Å². The largest absolute Gasteiger partial charge is 0.491 e. The van der Waals surface area contributed by atoms with E-state index in [0.717, 1.165) is 56.8 Å². The topological polar surface area (TPSA) is 70.8 Å². The van der Waals surface area contributed by atoms with Crippen LogP contribution in [0.2, 0.25) is 0 Å². The van der Waals surface area contributed by atoms with Crippen molar-refractivity contribution in [1.82, 2.24) is 14.7 Å². The summed E-state index contributed by atoms with van der Waals surface area (Å²) in [5.41, 5.74) is 2.33. The number of aliphatic hydroxyl groups is 2. The maximum Gasteiger partial charge on any atom is 0.122 e. The van der Waals surface area contributed by atoms with E-state index < -0.39 is 12.2 Å². The number of para-hydroxylation sites is 1. The van der Waals surface area contributed by atoms with Crippen molar-refractivity contribution < 1.29 is 14.9 Å². The van der Waals surface area contributed by atoms with E-state index in [1.165, 1.54) is 5.56 Å². The molecule has 0 saturated carbocycles. The van der Waals surface area contributed by atoms with Crippen molar-refractivity contribution in [3.05, 3.63) is 47.8 Å². The van der Waals surface area contributed by atoms with Gasteiger partial charge in [-0.15, -0.1) is 0 Å². The number of fused-ring (bicyclic) bond motifs is 1. The van der Waals surface area contributed by atoms with Crippen molar-refractivity contribution in [2.75, 3.05) is 19.7 Å². The zero-order valence-corrected chi connectivity index (χ0v) is 16.1. The molecule has 2 aromatic rings. The van der Waals surface area contributed by atoms with Crippen molar-refractivity contribution >= 4 is 0 Å². The molecule has 0 radical (unpaired) electrons. The Morgan fingerprint density at radius 3 is 2.74 bits per heavy atom. The molecule has 1 aliphatic rings. The lowest BCUT2D eigenvalue weighted by atomic mass is 10.0. The first-order chi connectivity index (χ1) is 13.1. The van der Waals surface area contributed by atoms with Crippen LogP contribution in [0.15, 0.2) is 36.5 Å². The number of aromatic nitrogens is 2. The molecule has 6 nitrogen and oxygen atoms in total. The van der Waals surface area contributed by atoms with Crippen LogP contribution < -0.4 is 4.74 Å². The highest BCUT2D eigenvalue weighted by Gasteiger charge is 2.20. The van der Waals surface area contributed by atoms with Crippen molar-refractivity contribution in [2.24, 2.45) is 7.05 Å². The summed E-state index contributed by atoms with van der Waals surface area (Å²) in [7, 11) is 1.95. The summed E-state index contributed by atoms with van der Waals surface area (Å²) in [5, 5.41) is 24.9. The molecular formula is C21H31N3O3. The highest BCUT2D eigenvalue weighted by molar-refractivity contribution is 5.33. The minimum absolute atomic E-state index is 0.111. The summed E-state index contributed by atoms with van der Waals surface area (Å²) in [4.78, 5) is 2.34. The number of hydrogen-bond donors (Lipinski definition) is 2. The predicted octanol–water partition coefficient (Wildman–Crippen LogP) is 2.14. The molecule has 1 aliphatic heterocycles. The molecule has 148 valence electrons. The Bertz CT molecular complexity index is 703. The SMILES string of the molecule is Cn1nccc1CN1CCCCCc2ccccc2OC[C@@H](O)[C@@H](O)CC1. The van der Waals surface area contributed by atoms with Gasteiger partial charge in [0.1, 0.15) is 18.5 Å². The maximum atomic E-state index is 10.4.